The smallest absolute Gasteiger partial charge is 0.246 e. The van der Waals surface area contributed by atoms with Crippen LogP contribution in [-0.4, -0.2) is 55.3 Å². The van der Waals surface area contributed by atoms with Gasteiger partial charge in [-0.15, -0.1) is 0 Å². The van der Waals surface area contributed by atoms with Crippen molar-refractivity contribution in [1.82, 2.24) is 18.8 Å². The van der Waals surface area contributed by atoms with Crippen LogP contribution >= 0.6 is 0 Å². The van der Waals surface area contributed by atoms with Crippen LogP contribution in [0.15, 0.2) is 4.90 Å². The molecule has 10 heteroatoms. The molecule has 24 heavy (non-hydrogen) atoms. The van der Waals surface area contributed by atoms with Crippen molar-refractivity contribution in [1.29, 1.82) is 0 Å². The van der Waals surface area contributed by atoms with E-state index in [1.54, 1.807) is 20.9 Å². The highest BCUT2D eigenvalue weighted by Crippen LogP contribution is 2.29. The summed E-state index contributed by atoms with van der Waals surface area (Å²) in [5.74, 6) is 0. The Kier molecular flexibility index (Phi) is 4.52. The molecule has 0 amide bonds. The van der Waals surface area contributed by atoms with Crippen LogP contribution in [0.25, 0.3) is 0 Å². The summed E-state index contributed by atoms with van der Waals surface area (Å²) in [6.45, 7) is 3.34. The molecule has 1 saturated carbocycles. The minimum absolute atomic E-state index is 0.00182. The van der Waals surface area contributed by atoms with Crippen molar-refractivity contribution in [3.8, 4) is 0 Å². The Balaban J connectivity index is 1.71. The normalized spacial score (nSPS) is 21.3. The topological polar surface area (TPSA) is 101 Å². The van der Waals surface area contributed by atoms with E-state index in [2.05, 4.69) is 9.82 Å². The van der Waals surface area contributed by atoms with Gasteiger partial charge in [-0.1, -0.05) is 12.8 Å². The van der Waals surface area contributed by atoms with Gasteiger partial charge in [0.05, 0.1) is 11.4 Å². The van der Waals surface area contributed by atoms with Crippen molar-refractivity contribution < 1.29 is 16.8 Å². The predicted octanol–water partition coefficient (Wildman–Crippen LogP) is 0.272. The second kappa shape index (κ2) is 6.08. The third-order valence-electron chi connectivity index (χ3n) is 4.98. The SMILES string of the molecule is Cc1nn(C)c(C)c1S(=O)(=O)N1CC(S(=O)(=O)NC2CCCC2)C1. The first kappa shape index (κ1) is 17.8. The number of hydrogen-bond donors (Lipinski definition) is 1. The van der Waals surface area contributed by atoms with Crippen LogP contribution in [0.2, 0.25) is 0 Å². The van der Waals surface area contributed by atoms with E-state index in [0.717, 1.165) is 25.7 Å². The maximum Gasteiger partial charge on any atom is 0.246 e. The standard InChI is InChI=1S/C14H24N4O4S2/c1-10-14(11(2)17(3)15-10)24(21,22)18-8-13(9-18)23(19,20)16-12-6-4-5-7-12/h12-13,16H,4-9H2,1-3H3. The van der Waals surface area contributed by atoms with E-state index in [1.165, 1.54) is 8.99 Å². The van der Waals surface area contributed by atoms with E-state index >= 15 is 0 Å². The summed E-state index contributed by atoms with van der Waals surface area (Å²) < 4.78 is 55.7. The van der Waals surface area contributed by atoms with E-state index in [1.807, 2.05) is 0 Å². The van der Waals surface area contributed by atoms with Gasteiger partial charge in [0.1, 0.15) is 10.1 Å². The number of nitrogens with one attached hydrogen (secondary N) is 1. The van der Waals surface area contributed by atoms with E-state index in [0.29, 0.717) is 11.4 Å². The quantitative estimate of drug-likeness (QED) is 0.795. The minimum atomic E-state index is -3.71. The van der Waals surface area contributed by atoms with Crippen molar-refractivity contribution >= 4 is 20.0 Å². The van der Waals surface area contributed by atoms with Crippen LogP contribution in [0.3, 0.4) is 0 Å². The number of aryl methyl sites for hydroxylation is 2. The Labute approximate surface area is 143 Å². The van der Waals surface area contributed by atoms with Gasteiger partial charge in [0.15, 0.2) is 0 Å². The lowest BCUT2D eigenvalue weighted by Crippen LogP contribution is -2.60. The average molecular weight is 377 g/mol. The zero-order valence-electron chi connectivity index (χ0n) is 14.2. The Morgan fingerprint density at radius 1 is 1.08 bits per heavy atom. The van der Waals surface area contributed by atoms with Crippen LogP contribution in [0, 0.1) is 13.8 Å². The molecule has 2 aliphatic rings. The zero-order valence-corrected chi connectivity index (χ0v) is 15.8. The first-order valence-corrected chi connectivity index (χ1v) is 11.1. The fourth-order valence-electron chi connectivity index (χ4n) is 3.42. The number of aromatic nitrogens is 2. The molecule has 0 aromatic carbocycles. The molecule has 0 atom stereocenters. The van der Waals surface area contributed by atoms with E-state index in [-0.39, 0.29) is 24.0 Å². The fourth-order valence-corrected chi connectivity index (χ4v) is 7.19. The Bertz CT molecular complexity index is 832. The molecular formula is C14H24N4O4S2. The van der Waals surface area contributed by atoms with Crippen molar-refractivity contribution in [2.75, 3.05) is 13.1 Å². The van der Waals surface area contributed by atoms with Gasteiger partial charge in [-0.25, -0.2) is 21.6 Å². The molecule has 3 rings (SSSR count). The van der Waals surface area contributed by atoms with Gasteiger partial charge in [-0.3, -0.25) is 4.68 Å². The van der Waals surface area contributed by atoms with Crippen molar-refractivity contribution in [3.05, 3.63) is 11.4 Å². The molecular weight excluding hydrogens is 352 g/mol. The lowest BCUT2D eigenvalue weighted by Gasteiger charge is -2.37. The fraction of sp³-hybridized carbons (Fsp3) is 0.786. The Hall–Kier alpha value is -0.970. The first-order chi connectivity index (χ1) is 11.1. The summed E-state index contributed by atoms with van der Waals surface area (Å²) in [6.07, 6.45) is 3.81. The maximum absolute atomic E-state index is 12.7. The summed E-state index contributed by atoms with van der Waals surface area (Å²) in [5, 5.41) is 3.46. The van der Waals surface area contributed by atoms with Crippen molar-refractivity contribution in [3.63, 3.8) is 0 Å². The number of hydrogen-bond acceptors (Lipinski definition) is 5. The van der Waals surface area contributed by atoms with Crippen LogP contribution < -0.4 is 4.72 Å². The molecule has 1 aliphatic heterocycles. The van der Waals surface area contributed by atoms with Gasteiger partial charge in [0.25, 0.3) is 0 Å². The molecule has 1 aromatic heterocycles. The third-order valence-corrected chi connectivity index (χ3v) is 8.90. The molecule has 8 nitrogen and oxygen atoms in total. The second-order valence-corrected chi connectivity index (χ2v) is 10.6. The molecule has 0 spiro atoms. The molecule has 0 bridgehead atoms. The van der Waals surface area contributed by atoms with Gasteiger partial charge in [-0.2, -0.15) is 9.40 Å². The highest BCUT2D eigenvalue weighted by Gasteiger charge is 2.45. The molecule has 1 N–H and O–H groups in total. The summed E-state index contributed by atoms with van der Waals surface area (Å²) in [5.41, 5.74) is 0.994. The lowest BCUT2D eigenvalue weighted by molar-refractivity contribution is 0.307. The number of rotatable bonds is 5. The van der Waals surface area contributed by atoms with Gasteiger partial charge in [0.2, 0.25) is 20.0 Å². The third kappa shape index (κ3) is 3.00. The molecule has 1 aliphatic carbocycles. The monoisotopic (exact) mass is 376 g/mol. The molecule has 2 fully saturated rings. The molecule has 2 heterocycles. The highest BCUT2D eigenvalue weighted by molar-refractivity contribution is 7.91. The van der Waals surface area contributed by atoms with Crippen molar-refractivity contribution in [2.45, 2.75) is 55.7 Å². The zero-order chi connectivity index (χ0) is 17.7. The van der Waals surface area contributed by atoms with Crippen LogP contribution in [0.4, 0.5) is 0 Å². The number of sulfonamides is 2. The van der Waals surface area contributed by atoms with Gasteiger partial charge >= 0.3 is 0 Å². The van der Waals surface area contributed by atoms with E-state index in [9.17, 15) is 16.8 Å². The largest absolute Gasteiger partial charge is 0.271 e. The number of nitrogens with zero attached hydrogens (tertiary/aromatic N) is 3. The lowest BCUT2D eigenvalue weighted by atomic mass is 10.3. The van der Waals surface area contributed by atoms with E-state index in [4.69, 9.17) is 0 Å². The van der Waals surface area contributed by atoms with E-state index < -0.39 is 25.3 Å². The van der Waals surface area contributed by atoms with Gasteiger partial charge in [-0.05, 0) is 26.7 Å². The van der Waals surface area contributed by atoms with Crippen LogP contribution in [-0.2, 0) is 27.1 Å². The van der Waals surface area contributed by atoms with Crippen LogP contribution in [0.5, 0.6) is 0 Å². The maximum atomic E-state index is 12.7. The first-order valence-electron chi connectivity index (χ1n) is 8.14. The Morgan fingerprint density at radius 3 is 2.17 bits per heavy atom. The second-order valence-electron chi connectivity index (χ2n) is 6.71. The summed E-state index contributed by atoms with van der Waals surface area (Å²) in [6, 6.07) is 0.00321. The molecule has 136 valence electrons. The minimum Gasteiger partial charge on any atom is -0.271 e. The van der Waals surface area contributed by atoms with Gasteiger partial charge in [0, 0.05) is 26.2 Å². The predicted molar refractivity (Wildman–Crippen MR) is 89.5 cm³/mol. The average Bonchev–Trinajstić information content (AvgIpc) is 2.95. The summed E-state index contributed by atoms with van der Waals surface area (Å²) in [7, 11) is -5.49. The van der Waals surface area contributed by atoms with Crippen LogP contribution in [0.1, 0.15) is 37.1 Å². The van der Waals surface area contributed by atoms with Gasteiger partial charge < -0.3 is 0 Å². The molecule has 0 unspecified atom stereocenters. The molecule has 1 aromatic rings. The highest BCUT2D eigenvalue weighted by atomic mass is 32.2. The molecule has 0 radical (unpaired) electrons. The Morgan fingerprint density at radius 2 is 1.67 bits per heavy atom. The summed E-state index contributed by atoms with van der Waals surface area (Å²) in [4.78, 5) is 0.185. The summed E-state index contributed by atoms with van der Waals surface area (Å²) >= 11 is 0. The van der Waals surface area contributed by atoms with Crippen molar-refractivity contribution in [2.24, 2.45) is 7.05 Å². The molecule has 1 saturated heterocycles.